The lowest BCUT2D eigenvalue weighted by molar-refractivity contribution is 0.326. The Morgan fingerprint density at radius 3 is 2.75 bits per heavy atom. The molecule has 5 nitrogen and oxygen atoms in total. The van der Waals surface area contributed by atoms with Crippen LogP contribution in [0.1, 0.15) is 20.3 Å². The number of rotatable bonds is 7. The molecule has 0 radical (unpaired) electrons. The van der Waals surface area contributed by atoms with Gasteiger partial charge in [0.2, 0.25) is 5.88 Å². The van der Waals surface area contributed by atoms with E-state index in [1.54, 1.807) is 0 Å². The van der Waals surface area contributed by atoms with E-state index in [2.05, 4.69) is 21.8 Å². The van der Waals surface area contributed by atoms with Crippen molar-refractivity contribution in [3.63, 3.8) is 0 Å². The summed E-state index contributed by atoms with van der Waals surface area (Å²) in [7, 11) is 0. The summed E-state index contributed by atoms with van der Waals surface area (Å²) in [6, 6.07) is 1.86. The standard InChI is InChI=1S/C11H20N4O/c1-3-6-15(7-5-12)10-8-11(16-4-2)14-9-13-10/h8-9H,3-7,12H2,1-2H3. The predicted molar refractivity (Wildman–Crippen MR) is 64.8 cm³/mol. The number of ether oxygens (including phenoxy) is 1. The maximum Gasteiger partial charge on any atom is 0.218 e. The lowest BCUT2D eigenvalue weighted by Gasteiger charge is -2.22. The van der Waals surface area contributed by atoms with Crippen molar-refractivity contribution in [2.75, 3.05) is 31.1 Å². The number of nitrogens with two attached hydrogens (primary N) is 1. The van der Waals surface area contributed by atoms with E-state index < -0.39 is 0 Å². The summed E-state index contributed by atoms with van der Waals surface area (Å²) in [6.07, 6.45) is 2.59. The summed E-state index contributed by atoms with van der Waals surface area (Å²) in [5.41, 5.74) is 5.58. The first-order valence-electron chi connectivity index (χ1n) is 5.71. The molecule has 5 heteroatoms. The molecule has 90 valence electrons. The second-order valence-electron chi connectivity index (χ2n) is 3.42. The Morgan fingerprint density at radius 2 is 2.12 bits per heavy atom. The van der Waals surface area contributed by atoms with Gasteiger partial charge in [-0.1, -0.05) is 6.92 Å². The maximum atomic E-state index is 5.58. The van der Waals surface area contributed by atoms with Crippen LogP contribution in [0.4, 0.5) is 5.82 Å². The minimum absolute atomic E-state index is 0.612. The quantitative estimate of drug-likeness (QED) is 0.750. The number of hydrogen-bond acceptors (Lipinski definition) is 5. The summed E-state index contributed by atoms with van der Waals surface area (Å²) in [4.78, 5) is 10.4. The first-order valence-corrected chi connectivity index (χ1v) is 5.71. The van der Waals surface area contributed by atoms with Gasteiger partial charge in [-0.3, -0.25) is 0 Å². The molecular formula is C11H20N4O. The van der Waals surface area contributed by atoms with E-state index in [0.717, 1.165) is 25.3 Å². The Balaban J connectivity index is 2.77. The van der Waals surface area contributed by atoms with Gasteiger partial charge < -0.3 is 15.4 Å². The fourth-order valence-corrected chi connectivity index (χ4v) is 1.50. The third-order valence-corrected chi connectivity index (χ3v) is 2.14. The molecule has 0 aliphatic heterocycles. The van der Waals surface area contributed by atoms with Gasteiger partial charge in [0.25, 0.3) is 0 Å². The molecule has 0 amide bonds. The van der Waals surface area contributed by atoms with Crippen molar-refractivity contribution >= 4 is 5.82 Å². The summed E-state index contributed by atoms with van der Waals surface area (Å²) in [6.45, 7) is 7.05. The van der Waals surface area contributed by atoms with Crippen LogP contribution in [0.3, 0.4) is 0 Å². The summed E-state index contributed by atoms with van der Waals surface area (Å²) < 4.78 is 5.34. The van der Waals surface area contributed by atoms with Gasteiger partial charge in [0.1, 0.15) is 12.1 Å². The van der Waals surface area contributed by atoms with Crippen LogP contribution in [0.2, 0.25) is 0 Å². The van der Waals surface area contributed by atoms with E-state index in [9.17, 15) is 0 Å². The number of aromatic nitrogens is 2. The normalized spacial score (nSPS) is 10.2. The highest BCUT2D eigenvalue weighted by atomic mass is 16.5. The van der Waals surface area contributed by atoms with E-state index in [0.29, 0.717) is 19.0 Å². The highest BCUT2D eigenvalue weighted by Crippen LogP contribution is 2.15. The van der Waals surface area contributed by atoms with Gasteiger partial charge in [-0.2, -0.15) is 0 Å². The Hall–Kier alpha value is -1.36. The van der Waals surface area contributed by atoms with E-state index in [1.165, 1.54) is 6.33 Å². The van der Waals surface area contributed by atoms with Crippen LogP contribution >= 0.6 is 0 Å². The van der Waals surface area contributed by atoms with Crippen molar-refractivity contribution in [3.8, 4) is 5.88 Å². The molecule has 16 heavy (non-hydrogen) atoms. The lowest BCUT2D eigenvalue weighted by atomic mass is 10.4. The van der Waals surface area contributed by atoms with Crippen molar-refractivity contribution in [2.24, 2.45) is 5.73 Å². The molecule has 1 aromatic rings. The zero-order chi connectivity index (χ0) is 11.8. The second-order valence-corrected chi connectivity index (χ2v) is 3.42. The molecule has 0 aromatic carbocycles. The third-order valence-electron chi connectivity index (χ3n) is 2.14. The molecule has 0 spiro atoms. The van der Waals surface area contributed by atoms with Gasteiger partial charge in [-0.05, 0) is 13.3 Å². The van der Waals surface area contributed by atoms with E-state index in [-0.39, 0.29) is 0 Å². The van der Waals surface area contributed by atoms with Gasteiger partial charge >= 0.3 is 0 Å². The van der Waals surface area contributed by atoms with Crippen LogP contribution in [0.25, 0.3) is 0 Å². The molecule has 1 aromatic heterocycles. The molecule has 0 unspecified atom stereocenters. The molecule has 0 atom stereocenters. The minimum Gasteiger partial charge on any atom is -0.478 e. The zero-order valence-corrected chi connectivity index (χ0v) is 10.0. The largest absolute Gasteiger partial charge is 0.478 e. The predicted octanol–water partition coefficient (Wildman–Crippen LogP) is 1.05. The van der Waals surface area contributed by atoms with Gasteiger partial charge in [0.15, 0.2) is 0 Å². The Labute approximate surface area is 96.6 Å². The molecule has 2 N–H and O–H groups in total. The van der Waals surface area contributed by atoms with Gasteiger partial charge in [0, 0.05) is 25.7 Å². The third kappa shape index (κ3) is 3.66. The Bertz CT molecular complexity index is 300. The van der Waals surface area contributed by atoms with Crippen molar-refractivity contribution in [1.82, 2.24) is 9.97 Å². The minimum atomic E-state index is 0.612. The van der Waals surface area contributed by atoms with E-state index >= 15 is 0 Å². The van der Waals surface area contributed by atoms with Crippen molar-refractivity contribution in [2.45, 2.75) is 20.3 Å². The fourth-order valence-electron chi connectivity index (χ4n) is 1.50. The number of nitrogens with zero attached hydrogens (tertiary/aromatic N) is 3. The first-order chi connectivity index (χ1) is 7.81. The van der Waals surface area contributed by atoms with Crippen LogP contribution in [0.5, 0.6) is 5.88 Å². The van der Waals surface area contributed by atoms with E-state index in [1.807, 2.05) is 13.0 Å². The average molecular weight is 224 g/mol. The van der Waals surface area contributed by atoms with Crippen LogP contribution in [-0.4, -0.2) is 36.2 Å². The zero-order valence-electron chi connectivity index (χ0n) is 10.0. The number of anilines is 1. The molecule has 0 aliphatic rings. The summed E-state index contributed by atoms with van der Waals surface area (Å²) in [5.74, 6) is 1.50. The average Bonchev–Trinajstić information content (AvgIpc) is 2.30. The molecule has 0 saturated carbocycles. The molecule has 1 heterocycles. The summed E-state index contributed by atoms with van der Waals surface area (Å²) >= 11 is 0. The van der Waals surface area contributed by atoms with Crippen LogP contribution in [0.15, 0.2) is 12.4 Å². The van der Waals surface area contributed by atoms with Gasteiger partial charge in [-0.25, -0.2) is 9.97 Å². The Morgan fingerprint density at radius 1 is 1.31 bits per heavy atom. The smallest absolute Gasteiger partial charge is 0.218 e. The molecule has 0 aliphatic carbocycles. The van der Waals surface area contributed by atoms with Gasteiger partial charge in [0.05, 0.1) is 6.61 Å². The Kier molecular flexibility index (Phi) is 5.56. The van der Waals surface area contributed by atoms with Crippen LogP contribution in [0, 0.1) is 0 Å². The maximum absolute atomic E-state index is 5.58. The molecule has 0 fully saturated rings. The highest BCUT2D eigenvalue weighted by Gasteiger charge is 2.07. The highest BCUT2D eigenvalue weighted by molar-refractivity contribution is 5.40. The van der Waals surface area contributed by atoms with Crippen molar-refractivity contribution in [3.05, 3.63) is 12.4 Å². The first kappa shape index (κ1) is 12.7. The monoisotopic (exact) mass is 224 g/mol. The second kappa shape index (κ2) is 7.00. The lowest BCUT2D eigenvalue weighted by Crippen LogP contribution is -2.30. The fraction of sp³-hybridized carbons (Fsp3) is 0.636. The summed E-state index contributed by atoms with van der Waals surface area (Å²) in [5, 5.41) is 0. The molecule has 1 rings (SSSR count). The van der Waals surface area contributed by atoms with Crippen molar-refractivity contribution in [1.29, 1.82) is 0 Å². The van der Waals surface area contributed by atoms with Gasteiger partial charge in [-0.15, -0.1) is 0 Å². The van der Waals surface area contributed by atoms with Crippen molar-refractivity contribution < 1.29 is 4.74 Å². The topological polar surface area (TPSA) is 64.3 Å². The van der Waals surface area contributed by atoms with E-state index in [4.69, 9.17) is 10.5 Å². The number of hydrogen-bond donors (Lipinski definition) is 1. The molecule has 0 saturated heterocycles. The SMILES string of the molecule is CCCN(CCN)c1cc(OCC)ncn1. The van der Waals surface area contributed by atoms with Crippen LogP contribution in [-0.2, 0) is 0 Å². The molecular weight excluding hydrogens is 204 g/mol. The van der Waals surface area contributed by atoms with Crippen LogP contribution < -0.4 is 15.4 Å². The molecule has 0 bridgehead atoms.